The highest BCUT2D eigenvalue weighted by molar-refractivity contribution is 5.90. The van der Waals surface area contributed by atoms with E-state index in [1.165, 1.54) is 0 Å². The molecule has 0 aliphatic carbocycles. The number of primary amides is 1. The first kappa shape index (κ1) is 13.0. The molecule has 100 valence electrons. The van der Waals surface area contributed by atoms with Crippen LogP contribution in [0.1, 0.15) is 23.0 Å². The minimum Gasteiger partial charge on any atom is -0.364 e. The van der Waals surface area contributed by atoms with E-state index >= 15 is 0 Å². The van der Waals surface area contributed by atoms with Crippen LogP contribution in [0.4, 0.5) is 5.82 Å². The van der Waals surface area contributed by atoms with Crippen molar-refractivity contribution in [3.63, 3.8) is 0 Å². The molecule has 0 aliphatic rings. The highest BCUT2D eigenvalue weighted by atomic mass is 16.1. The van der Waals surface area contributed by atoms with Gasteiger partial charge in [-0.3, -0.25) is 9.48 Å². The van der Waals surface area contributed by atoms with Gasteiger partial charge >= 0.3 is 0 Å². The van der Waals surface area contributed by atoms with Gasteiger partial charge in [-0.15, -0.1) is 10.2 Å². The Hall–Kier alpha value is -2.44. The smallest absolute Gasteiger partial charge is 0.269 e. The molecule has 0 atom stereocenters. The summed E-state index contributed by atoms with van der Waals surface area (Å²) in [5, 5.41) is 12.0. The first-order valence-corrected chi connectivity index (χ1v) is 5.96. The van der Waals surface area contributed by atoms with Gasteiger partial charge in [-0.2, -0.15) is 5.10 Å². The normalized spacial score (nSPS) is 10.4. The molecule has 2 heterocycles. The van der Waals surface area contributed by atoms with Crippen LogP contribution >= 0.6 is 0 Å². The fraction of sp³-hybridized carbons (Fsp3) is 0.333. The molecule has 19 heavy (non-hydrogen) atoms. The van der Waals surface area contributed by atoms with Crippen LogP contribution in [-0.2, 0) is 13.6 Å². The second kappa shape index (κ2) is 5.47. The van der Waals surface area contributed by atoms with Gasteiger partial charge in [0.25, 0.3) is 5.91 Å². The number of amides is 1. The predicted molar refractivity (Wildman–Crippen MR) is 70.5 cm³/mol. The molecule has 0 spiro atoms. The fourth-order valence-electron chi connectivity index (χ4n) is 1.75. The van der Waals surface area contributed by atoms with Crippen LogP contribution in [-0.4, -0.2) is 32.4 Å². The van der Waals surface area contributed by atoms with Gasteiger partial charge in [0.15, 0.2) is 11.5 Å². The quantitative estimate of drug-likeness (QED) is 0.837. The van der Waals surface area contributed by atoms with Crippen molar-refractivity contribution >= 4 is 11.7 Å². The summed E-state index contributed by atoms with van der Waals surface area (Å²) in [7, 11) is 1.88. The van der Waals surface area contributed by atoms with Gasteiger partial charge in [-0.05, 0) is 19.1 Å². The Balaban J connectivity index is 2.15. The van der Waals surface area contributed by atoms with E-state index < -0.39 is 5.91 Å². The lowest BCUT2D eigenvalue weighted by atomic mass is 10.3. The third-order valence-corrected chi connectivity index (χ3v) is 2.74. The van der Waals surface area contributed by atoms with Crippen LogP contribution < -0.4 is 10.6 Å². The van der Waals surface area contributed by atoms with E-state index in [0.29, 0.717) is 12.4 Å². The summed E-state index contributed by atoms with van der Waals surface area (Å²) in [5.41, 5.74) is 6.39. The average molecular weight is 260 g/mol. The number of nitrogens with two attached hydrogens (primary N) is 1. The summed E-state index contributed by atoms with van der Waals surface area (Å²) in [4.78, 5) is 13.0. The number of carbonyl (C=O) groups is 1. The molecule has 2 rings (SSSR count). The van der Waals surface area contributed by atoms with Crippen molar-refractivity contribution in [3.05, 3.63) is 35.8 Å². The van der Waals surface area contributed by atoms with Crippen molar-refractivity contribution in [1.29, 1.82) is 0 Å². The van der Waals surface area contributed by atoms with Gasteiger partial charge in [0.2, 0.25) is 0 Å². The topological polar surface area (TPSA) is 89.9 Å². The molecule has 0 aromatic carbocycles. The maximum Gasteiger partial charge on any atom is 0.269 e. The number of aryl methyl sites for hydroxylation is 1. The fourth-order valence-corrected chi connectivity index (χ4v) is 1.75. The van der Waals surface area contributed by atoms with Gasteiger partial charge in [-0.25, -0.2) is 0 Å². The standard InChI is InChI=1S/C12H16N6O/c1-3-18(8-9-6-14-17(2)7-9)11-5-4-10(12(13)19)15-16-11/h4-7H,3,8H2,1-2H3,(H2,13,19). The van der Waals surface area contributed by atoms with E-state index in [0.717, 1.165) is 12.1 Å². The maximum absolute atomic E-state index is 10.9. The second-order valence-corrected chi connectivity index (χ2v) is 4.18. The molecule has 2 N–H and O–H groups in total. The number of aromatic nitrogens is 4. The SMILES string of the molecule is CCN(Cc1cnn(C)c1)c1ccc(C(N)=O)nn1. The van der Waals surface area contributed by atoms with Crippen molar-refractivity contribution in [2.75, 3.05) is 11.4 Å². The predicted octanol–water partition coefficient (Wildman–Crippen LogP) is 0.335. The van der Waals surface area contributed by atoms with E-state index in [9.17, 15) is 4.79 Å². The molecular weight excluding hydrogens is 244 g/mol. The minimum absolute atomic E-state index is 0.168. The van der Waals surface area contributed by atoms with Gasteiger partial charge in [0.05, 0.1) is 6.20 Å². The zero-order chi connectivity index (χ0) is 13.8. The van der Waals surface area contributed by atoms with Crippen molar-refractivity contribution < 1.29 is 4.79 Å². The Labute approximate surface area is 111 Å². The largest absolute Gasteiger partial charge is 0.364 e. The lowest BCUT2D eigenvalue weighted by Gasteiger charge is -2.20. The molecule has 0 radical (unpaired) electrons. The Morgan fingerprint density at radius 3 is 2.68 bits per heavy atom. The van der Waals surface area contributed by atoms with E-state index in [2.05, 4.69) is 15.3 Å². The first-order valence-electron chi connectivity index (χ1n) is 5.96. The summed E-state index contributed by atoms with van der Waals surface area (Å²) in [5.74, 6) is 0.130. The van der Waals surface area contributed by atoms with Crippen LogP contribution in [0.15, 0.2) is 24.5 Å². The summed E-state index contributed by atoms with van der Waals surface area (Å²) in [6.07, 6.45) is 3.77. The van der Waals surface area contributed by atoms with Gasteiger partial charge in [0.1, 0.15) is 0 Å². The average Bonchev–Trinajstić information content (AvgIpc) is 2.81. The third-order valence-electron chi connectivity index (χ3n) is 2.74. The number of hydrogen-bond donors (Lipinski definition) is 1. The van der Waals surface area contributed by atoms with E-state index in [-0.39, 0.29) is 5.69 Å². The van der Waals surface area contributed by atoms with E-state index in [1.807, 2.05) is 31.3 Å². The van der Waals surface area contributed by atoms with Crippen molar-refractivity contribution in [2.24, 2.45) is 12.8 Å². The zero-order valence-corrected chi connectivity index (χ0v) is 10.9. The molecule has 0 saturated heterocycles. The summed E-state index contributed by atoms with van der Waals surface area (Å²) >= 11 is 0. The lowest BCUT2D eigenvalue weighted by Crippen LogP contribution is -2.24. The number of anilines is 1. The van der Waals surface area contributed by atoms with Crippen molar-refractivity contribution in [3.8, 4) is 0 Å². The van der Waals surface area contributed by atoms with Crippen LogP contribution in [0.5, 0.6) is 0 Å². The lowest BCUT2D eigenvalue weighted by molar-refractivity contribution is 0.0994. The molecule has 0 fully saturated rings. The second-order valence-electron chi connectivity index (χ2n) is 4.18. The molecule has 7 nitrogen and oxygen atoms in total. The molecule has 0 bridgehead atoms. The van der Waals surface area contributed by atoms with Gasteiger partial charge in [-0.1, -0.05) is 0 Å². The number of hydrogen-bond acceptors (Lipinski definition) is 5. The summed E-state index contributed by atoms with van der Waals surface area (Å²) in [6.45, 7) is 3.49. The molecule has 2 aromatic heterocycles. The number of carbonyl (C=O) groups excluding carboxylic acids is 1. The molecule has 0 aliphatic heterocycles. The van der Waals surface area contributed by atoms with E-state index in [4.69, 9.17) is 5.73 Å². The molecule has 7 heteroatoms. The Kier molecular flexibility index (Phi) is 3.74. The highest BCUT2D eigenvalue weighted by Crippen LogP contribution is 2.13. The van der Waals surface area contributed by atoms with Crippen LogP contribution in [0.25, 0.3) is 0 Å². The van der Waals surface area contributed by atoms with Gasteiger partial charge in [0, 0.05) is 31.9 Å². The summed E-state index contributed by atoms with van der Waals surface area (Å²) in [6, 6.07) is 3.32. The first-order chi connectivity index (χ1) is 9.10. The Morgan fingerprint density at radius 1 is 1.42 bits per heavy atom. The summed E-state index contributed by atoms with van der Waals surface area (Å²) < 4.78 is 1.75. The molecule has 0 saturated carbocycles. The van der Waals surface area contributed by atoms with E-state index in [1.54, 1.807) is 16.8 Å². The zero-order valence-electron chi connectivity index (χ0n) is 10.9. The van der Waals surface area contributed by atoms with Crippen LogP contribution in [0.3, 0.4) is 0 Å². The maximum atomic E-state index is 10.9. The molecular formula is C12H16N6O. The van der Waals surface area contributed by atoms with Crippen LogP contribution in [0, 0.1) is 0 Å². The van der Waals surface area contributed by atoms with Crippen molar-refractivity contribution in [2.45, 2.75) is 13.5 Å². The van der Waals surface area contributed by atoms with Crippen LogP contribution in [0.2, 0.25) is 0 Å². The molecule has 1 amide bonds. The minimum atomic E-state index is -0.575. The highest BCUT2D eigenvalue weighted by Gasteiger charge is 2.10. The van der Waals surface area contributed by atoms with Gasteiger partial charge < -0.3 is 10.6 Å². The monoisotopic (exact) mass is 260 g/mol. The van der Waals surface area contributed by atoms with Crippen molar-refractivity contribution in [1.82, 2.24) is 20.0 Å². The number of rotatable bonds is 5. The number of nitrogens with zero attached hydrogens (tertiary/aromatic N) is 5. The Bertz CT molecular complexity index is 562. The molecule has 0 unspecified atom stereocenters. The third kappa shape index (κ3) is 3.06. The Morgan fingerprint density at radius 2 is 2.21 bits per heavy atom. The molecule has 2 aromatic rings.